The lowest BCUT2D eigenvalue weighted by molar-refractivity contribution is -0.385. The number of ether oxygens (including phenoxy) is 1. The molecule has 0 atom stereocenters. The van der Waals surface area contributed by atoms with Gasteiger partial charge in [-0.05, 0) is 52.2 Å². The average molecular weight is 408 g/mol. The van der Waals surface area contributed by atoms with E-state index in [1.54, 1.807) is 25.1 Å². The molecule has 1 heterocycles. The number of cyclic esters (lactones) is 1. The van der Waals surface area contributed by atoms with Gasteiger partial charge >= 0.3 is 5.97 Å². The van der Waals surface area contributed by atoms with Gasteiger partial charge < -0.3 is 4.74 Å². The van der Waals surface area contributed by atoms with Gasteiger partial charge in [0, 0.05) is 17.2 Å². The SMILES string of the molecule is Cc1ccc(C2=N/C(=C/c3c4ccccc4cc4ccccc34)C(=O)O2)cc1[N+](=O)[O-]. The molecular weight excluding hydrogens is 392 g/mol. The van der Waals surface area contributed by atoms with Crippen LogP contribution in [0.2, 0.25) is 0 Å². The van der Waals surface area contributed by atoms with Gasteiger partial charge in [-0.15, -0.1) is 0 Å². The molecule has 0 radical (unpaired) electrons. The Labute approximate surface area is 177 Å². The second-order valence-electron chi connectivity index (χ2n) is 7.33. The minimum Gasteiger partial charge on any atom is -0.402 e. The highest BCUT2D eigenvalue weighted by Gasteiger charge is 2.26. The molecule has 0 amide bonds. The van der Waals surface area contributed by atoms with Crippen molar-refractivity contribution in [3.05, 3.63) is 105 Å². The smallest absolute Gasteiger partial charge is 0.363 e. The van der Waals surface area contributed by atoms with Gasteiger partial charge in [-0.3, -0.25) is 10.1 Å². The minimum atomic E-state index is -0.588. The summed E-state index contributed by atoms with van der Waals surface area (Å²) in [6.45, 7) is 1.65. The molecule has 0 aliphatic carbocycles. The highest BCUT2D eigenvalue weighted by molar-refractivity contribution is 6.15. The Morgan fingerprint density at radius 2 is 1.58 bits per heavy atom. The summed E-state index contributed by atoms with van der Waals surface area (Å²) in [6, 6.07) is 22.7. The maximum atomic E-state index is 12.6. The Bertz CT molecular complexity index is 1410. The lowest BCUT2D eigenvalue weighted by atomic mass is 9.96. The van der Waals surface area contributed by atoms with E-state index < -0.39 is 10.9 Å². The lowest BCUT2D eigenvalue weighted by Gasteiger charge is -2.08. The number of hydrogen-bond donors (Lipinski definition) is 0. The summed E-state index contributed by atoms with van der Waals surface area (Å²) in [5, 5.41) is 15.4. The molecule has 0 unspecified atom stereocenters. The van der Waals surface area contributed by atoms with Crippen LogP contribution in [-0.2, 0) is 9.53 Å². The van der Waals surface area contributed by atoms with Crippen LogP contribution >= 0.6 is 0 Å². The van der Waals surface area contributed by atoms with Gasteiger partial charge in [0.1, 0.15) is 0 Å². The molecule has 0 saturated heterocycles. The van der Waals surface area contributed by atoms with Crippen LogP contribution in [0.3, 0.4) is 0 Å². The third kappa shape index (κ3) is 3.24. The van der Waals surface area contributed by atoms with Gasteiger partial charge in [-0.2, -0.15) is 0 Å². The Kier molecular flexibility index (Phi) is 4.33. The summed E-state index contributed by atoms with van der Waals surface area (Å²) in [5.41, 5.74) is 1.89. The first-order valence-electron chi connectivity index (χ1n) is 9.70. The monoisotopic (exact) mass is 408 g/mol. The predicted octanol–water partition coefficient (Wildman–Crippen LogP) is 5.55. The molecule has 150 valence electrons. The molecule has 0 spiro atoms. The van der Waals surface area contributed by atoms with Crippen molar-refractivity contribution < 1.29 is 14.5 Å². The number of hydrogen-bond acceptors (Lipinski definition) is 5. The number of fused-ring (bicyclic) bond motifs is 2. The van der Waals surface area contributed by atoms with E-state index in [1.165, 1.54) is 6.07 Å². The summed E-state index contributed by atoms with van der Waals surface area (Å²) in [6.07, 6.45) is 1.72. The average Bonchev–Trinajstić information content (AvgIpc) is 3.14. The molecule has 6 heteroatoms. The third-order valence-electron chi connectivity index (χ3n) is 5.37. The molecule has 0 N–H and O–H groups in total. The molecule has 31 heavy (non-hydrogen) atoms. The standard InChI is InChI=1S/C25H16N2O4/c1-15-10-11-18(13-23(15)27(29)30)24-26-22(25(28)31-24)14-21-19-8-4-2-6-16(19)12-17-7-3-5-9-20(17)21/h2-14H,1H3/b22-14+. The topological polar surface area (TPSA) is 81.8 Å². The highest BCUT2D eigenvalue weighted by Crippen LogP contribution is 2.32. The molecule has 0 saturated carbocycles. The molecule has 0 bridgehead atoms. The maximum Gasteiger partial charge on any atom is 0.363 e. The summed E-state index contributed by atoms with van der Waals surface area (Å²) < 4.78 is 5.35. The van der Waals surface area contributed by atoms with Crippen LogP contribution < -0.4 is 0 Å². The van der Waals surface area contributed by atoms with E-state index in [0.717, 1.165) is 27.1 Å². The van der Waals surface area contributed by atoms with Crippen LogP contribution in [0.5, 0.6) is 0 Å². The molecule has 1 aliphatic heterocycles. The van der Waals surface area contributed by atoms with Gasteiger partial charge in [0.2, 0.25) is 5.90 Å². The number of carbonyl (C=O) groups excluding carboxylic acids is 1. The zero-order valence-electron chi connectivity index (χ0n) is 16.5. The fourth-order valence-corrected chi connectivity index (χ4v) is 3.81. The molecule has 4 aromatic rings. The number of nitrogens with zero attached hydrogens (tertiary/aromatic N) is 2. The van der Waals surface area contributed by atoms with Crippen molar-refractivity contribution in [1.29, 1.82) is 0 Å². The van der Waals surface area contributed by atoms with E-state index in [0.29, 0.717) is 11.1 Å². The molecule has 6 nitrogen and oxygen atoms in total. The Morgan fingerprint density at radius 1 is 0.935 bits per heavy atom. The summed E-state index contributed by atoms with van der Waals surface area (Å²) in [4.78, 5) is 27.7. The molecule has 4 aromatic carbocycles. The molecular formula is C25H16N2O4. The Hall–Kier alpha value is -4.32. The van der Waals surface area contributed by atoms with Crippen molar-refractivity contribution >= 4 is 45.2 Å². The number of aliphatic imine (C=N–C) groups is 1. The van der Waals surface area contributed by atoms with Crippen molar-refractivity contribution in [3.63, 3.8) is 0 Å². The van der Waals surface area contributed by atoms with Gasteiger partial charge in [-0.25, -0.2) is 9.79 Å². The first-order valence-corrected chi connectivity index (χ1v) is 9.70. The van der Waals surface area contributed by atoms with Crippen LogP contribution in [0.1, 0.15) is 16.7 Å². The predicted molar refractivity (Wildman–Crippen MR) is 120 cm³/mol. The normalized spacial score (nSPS) is 14.8. The van der Waals surface area contributed by atoms with E-state index >= 15 is 0 Å². The Morgan fingerprint density at radius 3 is 2.23 bits per heavy atom. The minimum absolute atomic E-state index is 0.0475. The molecule has 0 aromatic heterocycles. The van der Waals surface area contributed by atoms with Crippen molar-refractivity contribution in [2.24, 2.45) is 4.99 Å². The number of benzene rings is 4. The van der Waals surface area contributed by atoms with E-state index in [2.05, 4.69) is 11.1 Å². The van der Waals surface area contributed by atoms with Crippen molar-refractivity contribution in [2.45, 2.75) is 6.92 Å². The summed E-state index contributed by atoms with van der Waals surface area (Å²) in [5.74, 6) is -0.529. The largest absolute Gasteiger partial charge is 0.402 e. The maximum absolute atomic E-state index is 12.6. The highest BCUT2D eigenvalue weighted by atomic mass is 16.6. The van der Waals surface area contributed by atoms with E-state index in [9.17, 15) is 14.9 Å². The van der Waals surface area contributed by atoms with E-state index in [-0.39, 0.29) is 17.3 Å². The first kappa shape index (κ1) is 18.7. The van der Waals surface area contributed by atoms with E-state index in [4.69, 9.17) is 4.74 Å². The number of aryl methyl sites for hydroxylation is 1. The molecule has 0 fully saturated rings. The van der Waals surface area contributed by atoms with Crippen LogP contribution in [0.4, 0.5) is 5.69 Å². The van der Waals surface area contributed by atoms with Crippen molar-refractivity contribution in [1.82, 2.24) is 0 Å². The van der Waals surface area contributed by atoms with Crippen molar-refractivity contribution in [2.75, 3.05) is 0 Å². The van der Waals surface area contributed by atoms with Crippen molar-refractivity contribution in [3.8, 4) is 0 Å². The van der Waals surface area contributed by atoms with Crippen LogP contribution in [0, 0.1) is 17.0 Å². The van der Waals surface area contributed by atoms with Gasteiger partial charge in [-0.1, -0.05) is 54.6 Å². The first-order chi connectivity index (χ1) is 15.0. The number of nitro benzene ring substituents is 1. The summed E-state index contributed by atoms with van der Waals surface area (Å²) >= 11 is 0. The Balaban J connectivity index is 1.67. The van der Waals surface area contributed by atoms with Gasteiger partial charge in [0.25, 0.3) is 5.69 Å². The molecule has 5 rings (SSSR count). The van der Waals surface area contributed by atoms with E-state index in [1.807, 2.05) is 48.5 Å². The number of rotatable bonds is 3. The fraction of sp³-hybridized carbons (Fsp3) is 0.0400. The summed E-state index contributed by atoms with van der Waals surface area (Å²) in [7, 11) is 0. The second kappa shape index (κ2) is 7.18. The quantitative estimate of drug-likeness (QED) is 0.146. The van der Waals surface area contributed by atoms with Crippen LogP contribution in [0.25, 0.3) is 27.6 Å². The van der Waals surface area contributed by atoms with Crippen LogP contribution in [0.15, 0.2) is 83.5 Å². The number of esters is 1. The number of carbonyl (C=O) groups is 1. The van der Waals surface area contributed by atoms with Gasteiger partial charge in [0.05, 0.1) is 4.92 Å². The fourth-order valence-electron chi connectivity index (χ4n) is 3.81. The second-order valence-corrected chi connectivity index (χ2v) is 7.33. The lowest BCUT2D eigenvalue weighted by Crippen LogP contribution is -2.06. The third-order valence-corrected chi connectivity index (χ3v) is 5.37. The number of nitro groups is 1. The zero-order chi connectivity index (χ0) is 21.5. The van der Waals surface area contributed by atoms with Crippen LogP contribution in [-0.4, -0.2) is 16.8 Å². The zero-order valence-corrected chi connectivity index (χ0v) is 16.5. The van der Waals surface area contributed by atoms with Gasteiger partial charge in [0.15, 0.2) is 5.70 Å². The molecule has 1 aliphatic rings.